The van der Waals surface area contributed by atoms with Crippen molar-refractivity contribution in [2.75, 3.05) is 0 Å². The van der Waals surface area contributed by atoms with E-state index < -0.39 is 0 Å². The summed E-state index contributed by atoms with van der Waals surface area (Å²) in [6.07, 6.45) is 1.70. The Kier molecular flexibility index (Phi) is 5.01. The molecule has 0 aliphatic rings. The molecule has 2 aromatic heterocycles. The number of rotatable bonds is 5. The van der Waals surface area contributed by atoms with E-state index in [2.05, 4.69) is 73.8 Å². The monoisotopic (exact) mass is 298 g/mol. The molecule has 2 rings (SSSR count). The highest BCUT2D eigenvalue weighted by atomic mass is 15.2. The molecule has 0 amide bonds. The van der Waals surface area contributed by atoms with Crippen LogP contribution in [0.25, 0.3) is 0 Å². The van der Waals surface area contributed by atoms with Gasteiger partial charge in [-0.1, -0.05) is 13.8 Å². The molecule has 0 spiro atoms. The first-order chi connectivity index (χ1) is 10.5. The molecular formula is C18H26N4. The lowest BCUT2D eigenvalue weighted by Crippen LogP contribution is -2.04. The summed E-state index contributed by atoms with van der Waals surface area (Å²) in [7, 11) is 0. The van der Waals surface area contributed by atoms with Crippen LogP contribution < -0.4 is 0 Å². The average Bonchev–Trinajstić information content (AvgIpc) is 2.97. The number of hydrogen-bond donors (Lipinski definition) is 2. The van der Waals surface area contributed by atoms with Gasteiger partial charge in [0.1, 0.15) is 0 Å². The van der Waals surface area contributed by atoms with E-state index in [1.54, 1.807) is 0 Å². The first-order valence-corrected chi connectivity index (χ1v) is 7.92. The third-order valence-electron chi connectivity index (χ3n) is 3.84. The highest BCUT2D eigenvalue weighted by Gasteiger charge is 2.10. The maximum atomic E-state index is 4.54. The van der Waals surface area contributed by atoms with E-state index in [1.807, 2.05) is 0 Å². The maximum absolute atomic E-state index is 4.54. The number of aryl methyl sites for hydroxylation is 4. The molecule has 0 fully saturated rings. The Morgan fingerprint density at radius 1 is 0.773 bits per heavy atom. The molecule has 0 radical (unpaired) electrons. The molecular weight excluding hydrogens is 272 g/mol. The van der Waals surface area contributed by atoms with Crippen LogP contribution in [0.2, 0.25) is 0 Å². The molecule has 2 heterocycles. The van der Waals surface area contributed by atoms with Gasteiger partial charge < -0.3 is 9.97 Å². The zero-order valence-electron chi connectivity index (χ0n) is 14.5. The van der Waals surface area contributed by atoms with Crippen molar-refractivity contribution in [2.45, 2.75) is 54.4 Å². The van der Waals surface area contributed by atoms with Crippen molar-refractivity contribution in [2.24, 2.45) is 10.2 Å². The standard InChI is InChI=1S/C18H26N4/c1-7-15(17-11(3)9-13(5)19-17)21-22-16(8-2)18-12(4)10-14(6)20-18/h9-10,19-20H,7-8H2,1-6H3/b21-15+,22-16+. The smallest absolute Gasteiger partial charge is 0.0864 e. The molecule has 118 valence electrons. The summed E-state index contributed by atoms with van der Waals surface area (Å²) >= 11 is 0. The van der Waals surface area contributed by atoms with Gasteiger partial charge >= 0.3 is 0 Å². The van der Waals surface area contributed by atoms with Crippen LogP contribution in [-0.4, -0.2) is 21.4 Å². The van der Waals surface area contributed by atoms with E-state index in [0.717, 1.165) is 47.0 Å². The molecule has 0 saturated carbocycles. The van der Waals surface area contributed by atoms with Crippen molar-refractivity contribution in [1.29, 1.82) is 0 Å². The molecule has 0 bridgehead atoms. The molecule has 0 unspecified atom stereocenters. The maximum Gasteiger partial charge on any atom is 0.0864 e. The van der Waals surface area contributed by atoms with E-state index in [1.165, 1.54) is 11.1 Å². The molecule has 4 nitrogen and oxygen atoms in total. The minimum absolute atomic E-state index is 0.851. The summed E-state index contributed by atoms with van der Waals surface area (Å²) in [4.78, 5) is 6.77. The Hall–Kier alpha value is -2.10. The largest absolute Gasteiger partial charge is 0.357 e. The predicted octanol–water partition coefficient (Wildman–Crippen LogP) is 4.59. The van der Waals surface area contributed by atoms with Gasteiger partial charge in [0, 0.05) is 11.4 Å². The summed E-state index contributed by atoms with van der Waals surface area (Å²) in [6.45, 7) is 12.6. The van der Waals surface area contributed by atoms with Gasteiger partial charge in [0.25, 0.3) is 0 Å². The lowest BCUT2D eigenvalue weighted by molar-refractivity contribution is 1.10. The molecule has 0 aliphatic carbocycles. The summed E-state index contributed by atoms with van der Waals surface area (Å²) in [6, 6.07) is 4.28. The highest BCUT2D eigenvalue weighted by Crippen LogP contribution is 2.15. The van der Waals surface area contributed by atoms with E-state index in [9.17, 15) is 0 Å². The van der Waals surface area contributed by atoms with E-state index in [4.69, 9.17) is 0 Å². The van der Waals surface area contributed by atoms with Crippen LogP contribution in [0.4, 0.5) is 0 Å². The molecule has 2 aromatic rings. The number of aromatic nitrogens is 2. The number of H-pyrrole nitrogens is 2. The molecule has 0 atom stereocenters. The molecule has 0 aliphatic heterocycles. The van der Waals surface area contributed by atoms with Crippen molar-refractivity contribution >= 4 is 11.4 Å². The fourth-order valence-electron chi connectivity index (χ4n) is 2.77. The number of aromatic amines is 2. The van der Waals surface area contributed by atoms with Crippen LogP contribution in [0, 0.1) is 27.7 Å². The Morgan fingerprint density at radius 3 is 1.36 bits per heavy atom. The lowest BCUT2D eigenvalue weighted by Gasteiger charge is -2.04. The third kappa shape index (κ3) is 3.38. The van der Waals surface area contributed by atoms with Crippen molar-refractivity contribution < 1.29 is 0 Å². The van der Waals surface area contributed by atoms with Gasteiger partial charge in [0.05, 0.1) is 22.8 Å². The Bertz CT molecular complexity index is 651. The van der Waals surface area contributed by atoms with Gasteiger partial charge in [-0.2, -0.15) is 10.2 Å². The second-order valence-corrected chi connectivity index (χ2v) is 5.82. The Morgan fingerprint density at radius 2 is 1.14 bits per heavy atom. The summed E-state index contributed by atoms with van der Waals surface area (Å²) in [5.41, 5.74) is 8.94. The van der Waals surface area contributed by atoms with Crippen LogP contribution in [0.1, 0.15) is 60.6 Å². The first kappa shape index (κ1) is 16.3. The second-order valence-electron chi connectivity index (χ2n) is 5.82. The van der Waals surface area contributed by atoms with Crippen LogP contribution in [0.15, 0.2) is 22.3 Å². The van der Waals surface area contributed by atoms with E-state index in [-0.39, 0.29) is 0 Å². The van der Waals surface area contributed by atoms with Gasteiger partial charge in [-0.25, -0.2) is 0 Å². The van der Waals surface area contributed by atoms with Crippen molar-refractivity contribution in [1.82, 2.24) is 9.97 Å². The van der Waals surface area contributed by atoms with Gasteiger partial charge in [0.15, 0.2) is 0 Å². The van der Waals surface area contributed by atoms with Crippen LogP contribution in [0.5, 0.6) is 0 Å². The second kappa shape index (κ2) is 6.77. The zero-order valence-corrected chi connectivity index (χ0v) is 14.5. The highest BCUT2D eigenvalue weighted by molar-refractivity contribution is 6.03. The topological polar surface area (TPSA) is 56.3 Å². The van der Waals surface area contributed by atoms with E-state index >= 15 is 0 Å². The third-order valence-corrected chi connectivity index (χ3v) is 3.84. The summed E-state index contributed by atoms with van der Waals surface area (Å²) in [5.74, 6) is 0. The van der Waals surface area contributed by atoms with Gasteiger partial charge in [0.2, 0.25) is 0 Å². The molecule has 22 heavy (non-hydrogen) atoms. The van der Waals surface area contributed by atoms with Crippen molar-refractivity contribution in [3.8, 4) is 0 Å². The number of nitrogens with zero attached hydrogens (tertiary/aromatic N) is 2. The average molecular weight is 298 g/mol. The Labute approximate surface area is 132 Å². The fourth-order valence-corrected chi connectivity index (χ4v) is 2.77. The fraction of sp³-hybridized carbons (Fsp3) is 0.444. The zero-order chi connectivity index (χ0) is 16.3. The minimum Gasteiger partial charge on any atom is -0.357 e. The van der Waals surface area contributed by atoms with Gasteiger partial charge in [-0.3, -0.25) is 0 Å². The van der Waals surface area contributed by atoms with Crippen molar-refractivity contribution in [3.63, 3.8) is 0 Å². The quantitative estimate of drug-likeness (QED) is 0.599. The predicted molar refractivity (Wildman–Crippen MR) is 94.2 cm³/mol. The van der Waals surface area contributed by atoms with Crippen LogP contribution >= 0.6 is 0 Å². The van der Waals surface area contributed by atoms with Gasteiger partial charge in [-0.15, -0.1) is 0 Å². The molecule has 0 aromatic carbocycles. The van der Waals surface area contributed by atoms with Crippen LogP contribution in [-0.2, 0) is 0 Å². The summed E-state index contributed by atoms with van der Waals surface area (Å²) < 4.78 is 0. The summed E-state index contributed by atoms with van der Waals surface area (Å²) in [5, 5.41) is 9.08. The van der Waals surface area contributed by atoms with Crippen LogP contribution in [0.3, 0.4) is 0 Å². The Balaban J connectivity index is 2.40. The first-order valence-electron chi connectivity index (χ1n) is 7.92. The van der Waals surface area contributed by atoms with Gasteiger partial charge in [-0.05, 0) is 63.8 Å². The van der Waals surface area contributed by atoms with Crippen molar-refractivity contribution in [3.05, 3.63) is 46.0 Å². The molecule has 0 saturated heterocycles. The minimum atomic E-state index is 0.851. The van der Waals surface area contributed by atoms with E-state index in [0.29, 0.717) is 0 Å². The lowest BCUT2D eigenvalue weighted by atomic mass is 10.1. The molecule has 4 heteroatoms. The SMILES string of the molecule is CC/C(=N\N=C(/CC)c1[nH]c(C)cc1C)c1[nH]c(C)cc1C. The normalized spacial score (nSPS) is 13.0. The number of hydrogen-bond acceptors (Lipinski definition) is 2. The molecule has 2 N–H and O–H groups in total. The number of nitrogens with one attached hydrogen (secondary N) is 2.